The molecule has 104 valence electrons. The van der Waals surface area contributed by atoms with E-state index >= 15 is 0 Å². The molecule has 0 fully saturated rings. The molecular weight excluding hydrogens is 232 g/mol. The molecule has 0 aliphatic heterocycles. The average Bonchev–Trinajstić information content (AvgIpc) is 2.39. The first-order valence-electron chi connectivity index (χ1n) is 7.23. The third-order valence-electron chi connectivity index (χ3n) is 3.61. The molecule has 2 atom stereocenters. The maximum atomic E-state index is 5.65. The Morgan fingerprint density at radius 1 is 1.11 bits per heavy atom. The summed E-state index contributed by atoms with van der Waals surface area (Å²) in [4.78, 5) is 0. The van der Waals surface area contributed by atoms with E-state index in [1.807, 2.05) is 6.92 Å². The molecule has 19 heavy (non-hydrogen) atoms. The fourth-order valence-corrected chi connectivity index (χ4v) is 2.27. The predicted molar refractivity (Wildman–Crippen MR) is 82.7 cm³/mol. The highest BCUT2D eigenvalue weighted by Gasteiger charge is 2.16. The molecule has 0 saturated heterocycles. The van der Waals surface area contributed by atoms with Crippen LogP contribution < -0.4 is 4.74 Å². The van der Waals surface area contributed by atoms with Crippen LogP contribution in [0, 0.1) is 31.6 Å². The van der Waals surface area contributed by atoms with Crippen molar-refractivity contribution in [3.05, 3.63) is 28.8 Å². The Bertz CT molecular complexity index is 476. The van der Waals surface area contributed by atoms with Gasteiger partial charge in [-0.25, -0.2) is 0 Å². The summed E-state index contributed by atoms with van der Waals surface area (Å²) in [6.45, 7) is 13.6. The first-order valence-corrected chi connectivity index (χ1v) is 7.23. The summed E-state index contributed by atoms with van der Waals surface area (Å²) in [5, 5.41) is 0. The Morgan fingerprint density at radius 3 is 2.37 bits per heavy atom. The van der Waals surface area contributed by atoms with Crippen LogP contribution in [0.5, 0.6) is 5.75 Å². The number of benzene rings is 1. The van der Waals surface area contributed by atoms with E-state index in [9.17, 15) is 0 Å². The largest absolute Gasteiger partial charge is 0.494 e. The molecule has 0 aliphatic carbocycles. The third kappa shape index (κ3) is 4.03. The summed E-state index contributed by atoms with van der Waals surface area (Å²) in [5.41, 5.74) is 3.90. The zero-order valence-electron chi connectivity index (χ0n) is 13.1. The van der Waals surface area contributed by atoms with Gasteiger partial charge in [-0.3, -0.25) is 0 Å². The van der Waals surface area contributed by atoms with Crippen LogP contribution >= 0.6 is 0 Å². The van der Waals surface area contributed by atoms with Gasteiger partial charge in [-0.1, -0.05) is 32.8 Å². The number of aryl methyl sites for hydroxylation is 2. The molecule has 0 spiro atoms. The monoisotopic (exact) mass is 258 g/mol. The van der Waals surface area contributed by atoms with Gasteiger partial charge in [0.25, 0.3) is 0 Å². The van der Waals surface area contributed by atoms with E-state index in [1.54, 1.807) is 0 Å². The molecule has 0 heterocycles. The second-order valence-corrected chi connectivity index (χ2v) is 5.16. The van der Waals surface area contributed by atoms with E-state index in [4.69, 9.17) is 4.74 Å². The molecule has 1 aromatic carbocycles. The lowest BCUT2D eigenvalue weighted by Gasteiger charge is -2.20. The highest BCUT2D eigenvalue weighted by Crippen LogP contribution is 2.31. The van der Waals surface area contributed by atoms with Crippen molar-refractivity contribution in [2.75, 3.05) is 6.61 Å². The lowest BCUT2D eigenvalue weighted by Crippen LogP contribution is -2.07. The number of rotatable bonds is 4. The fraction of sp³-hybridized carbons (Fsp3) is 0.556. The van der Waals surface area contributed by atoms with Crippen LogP contribution in [0.4, 0.5) is 0 Å². The fourth-order valence-electron chi connectivity index (χ4n) is 2.27. The quantitative estimate of drug-likeness (QED) is 0.701. The van der Waals surface area contributed by atoms with E-state index in [0.29, 0.717) is 18.4 Å². The van der Waals surface area contributed by atoms with Crippen LogP contribution in [0.1, 0.15) is 56.7 Å². The zero-order valence-corrected chi connectivity index (χ0v) is 13.1. The Hall–Kier alpha value is -1.42. The Labute approximate surface area is 118 Å². The first kappa shape index (κ1) is 15.6. The van der Waals surface area contributed by atoms with Crippen molar-refractivity contribution in [1.82, 2.24) is 0 Å². The zero-order chi connectivity index (χ0) is 14.4. The summed E-state index contributed by atoms with van der Waals surface area (Å²) < 4.78 is 5.65. The third-order valence-corrected chi connectivity index (χ3v) is 3.61. The van der Waals surface area contributed by atoms with E-state index < -0.39 is 0 Å². The molecule has 1 nitrogen and oxygen atoms in total. The van der Waals surface area contributed by atoms with Gasteiger partial charge in [0.1, 0.15) is 5.75 Å². The number of hydrogen-bond acceptors (Lipinski definition) is 1. The van der Waals surface area contributed by atoms with E-state index in [1.165, 1.54) is 16.7 Å². The van der Waals surface area contributed by atoms with Crippen molar-refractivity contribution in [3.63, 3.8) is 0 Å². The normalized spacial score (nSPS) is 13.4. The molecule has 2 unspecified atom stereocenters. The summed E-state index contributed by atoms with van der Waals surface area (Å²) in [6.07, 6.45) is 0.929. The van der Waals surface area contributed by atoms with Crippen LogP contribution in [0.25, 0.3) is 0 Å². The van der Waals surface area contributed by atoms with E-state index in [2.05, 4.69) is 58.6 Å². The number of hydrogen-bond donors (Lipinski definition) is 0. The molecule has 0 radical (unpaired) electrons. The van der Waals surface area contributed by atoms with Crippen molar-refractivity contribution in [2.24, 2.45) is 5.92 Å². The van der Waals surface area contributed by atoms with Gasteiger partial charge in [-0.2, -0.15) is 0 Å². The molecule has 1 heteroatoms. The van der Waals surface area contributed by atoms with Crippen LogP contribution in [0.3, 0.4) is 0 Å². The molecule has 1 rings (SSSR count). The van der Waals surface area contributed by atoms with Gasteiger partial charge < -0.3 is 4.74 Å². The predicted octanol–water partition coefficient (Wildman–Crippen LogP) is 4.86. The molecule has 0 aromatic heterocycles. The molecule has 1 aromatic rings. The van der Waals surface area contributed by atoms with Crippen LogP contribution in [0.15, 0.2) is 12.1 Å². The molecular formula is C18H26O. The van der Waals surface area contributed by atoms with Crippen molar-refractivity contribution < 1.29 is 4.74 Å². The lowest BCUT2D eigenvalue weighted by atomic mass is 9.85. The maximum absolute atomic E-state index is 5.65. The van der Waals surface area contributed by atoms with Crippen LogP contribution in [-0.4, -0.2) is 6.61 Å². The molecule has 0 saturated carbocycles. The maximum Gasteiger partial charge on any atom is 0.122 e. The highest BCUT2D eigenvalue weighted by molar-refractivity contribution is 5.43. The smallest absolute Gasteiger partial charge is 0.122 e. The molecule has 0 aliphatic rings. The van der Waals surface area contributed by atoms with Crippen molar-refractivity contribution in [2.45, 2.75) is 53.9 Å². The summed E-state index contributed by atoms with van der Waals surface area (Å²) in [5.74, 6) is 8.37. The molecule has 0 N–H and O–H groups in total. The van der Waals surface area contributed by atoms with Gasteiger partial charge in [-0.05, 0) is 49.4 Å². The van der Waals surface area contributed by atoms with Gasteiger partial charge in [0.05, 0.1) is 6.61 Å². The average molecular weight is 258 g/mol. The Balaban J connectivity index is 3.04. The molecule has 0 bridgehead atoms. The van der Waals surface area contributed by atoms with Crippen molar-refractivity contribution >= 4 is 0 Å². The van der Waals surface area contributed by atoms with Gasteiger partial charge in [0.15, 0.2) is 0 Å². The lowest BCUT2D eigenvalue weighted by molar-refractivity contribution is 0.337. The topological polar surface area (TPSA) is 9.23 Å². The van der Waals surface area contributed by atoms with E-state index in [-0.39, 0.29) is 0 Å². The van der Waals surface area contributed by atoms with Gasteiger partial charge in [-0.15, -0.1) is 5.92 Å². The Morgan fingerprint density at radius 2 is 1.79 bits per heavy atom. The van der Waals surface area contributed by atoms with Gasteiger partial charge in [0, 0.05) is 12.3 Å². The molecule has 0 amide bonds. The second kappa shape index (κ2) is 7.24. The van der Waals surface area contributed by atoms with Crippen LogP contribution in [-0.2, 0) is 0 Å². The van der Waals surface area contributed by atoms with E-state index in [0.717, 1.165) is 12.2 Å². The summed E-state index contributed by atoms with van der Waals surface area (Å²) in [7, 11) is 0. The minimum absolute atomic E-state index is 0.385. The minimum Gasteiger partial charge on any atom is -0.494 e. The second-order valence-electron chi connectivity index (χ2n) is 5.16. The SMILES string of the molecule is CCC#CC(C)C(C)c1cc(C)c(OCC)cc1C. The van der Waals surface area contributed by atoms with Crippen LogP contribution in [0.2, 0.25) is 0 Å². The van der Waals surface area contributed by atoms with Gasteiger partial charge in [0.2, 0.25) is 0 Å². The summed E-state index contributed by atoms with van der Waals surface area (Å²) in [6, 6.07) is 4.42. The summed E-state index contributed by atoms with van der Waals surface area (Å²) >= 11 is 0. The van der Waals surface area contributed by atoms with Gasteiger partial charge >= 0.3 is 0 Å². The Kier molecular flexibility index (Phi) is 5.96. The van der Waals surface area contributed by atoms with Crippen molar-refractivity contribution in [3.8, 4) is 17.6 Å². The van der Waals surface area contributed by atoms with Crippen molar-refractivity contribution in [1.29, 1.82) is 0 Å². The standard InChI is InChI=1S/C18H26O/c1-7-9-10-13(3)16(6)17-11-15(5)18(19-8-2)12-14(17)4/h11-13,16H,7-8H2,1-6H3. The highest BCUT2D eigenvalue weighted by atomic mass is 16.5. The first-order chi connectivity index (χ1) is 9.01. The number of ether oxygens (including phenoxy) is 1. The minimum atomic E-state index is 0.385.